The van der Waals surface area contributed by atoms with Gasteiger partial charge in [0, 0.05) is 19.0 Å². The lowest BCUT2D eigenvalue weighted by atomic mass is 10.1. The van der Waals surface area contributed by atoms with Gasteiger partial charge < -0.3 is 0 Å². The van der Waals surface area contributed by atoms with Crippen LogP contribution in [0.5, 0.6) is 0 Å². The van der Waals surface area contributed by atoms with Crippen LogP contribution in [0.15, 0.2) is 0 Å². The van der Waals surface area contributed by atoms with E-state index in [9.17, 15) is 8.42 Å². The first-order valence-electron chi connectivity index (χ1n) is 6.93. The van der Waals surface area contributed by atoms with Crippen molar-refractivity contribution >= 4 is 9.84 Å². The number of rotatable bonds is 3. The molecule has 0 aromatic rings. The van der Waals surface area contributed by atoms with E-state index >= 15 is 0 Å². The van der Waals surface area contributed by atoms with E-state index in [4.69, 9.17) is 0 Å². The van der Waals surface area contributed by atoms with Gasteiger partial charge in [-0.3, -0.25) is 4.90 Å². The number of likely N-dealkylation sites (tertiary alicyclic amines) is 1. The summed E-state index contributed by atoms with van der Waals surface area (Å²) in [5.41, 5.74) is 0. The van der Waals surface area contributed by atoms with E-state index in [1.165, 1.54) is 0 Å². The summed E-state index contributed by atoms with van der Waals surface area (Å²) in [5, 5.41) is -0.0888. The highest BCUT2D eigenvalue weighted by atomic mass is 32.2. The first kappa shape index (κ1) is 13.9. The number of hydrogen-bond acceptors (Lipinski definition) is 3. The minimum atomic E-state index is -2.81. The zero-order valence-electron chi connectivity index (χ0n) is 11.4. The van der Waals surface area contributed by atoms with E-state index in [2.05, 4.69) is 30.6 Å². The van der Waals surface area contributed by atoms with Crippen LogP contribution < -0.4 is 0 Å². The Labute approximate surface area is 111 Å². The molecule has 0 spiro atoms. The molecule has 18 heavy (non-hydrogen) atoms. The fourth-order valence-electron chi connectivity index (χ4n) is 2.43. The highest BCUT2D eigenvalue weighted by Gasteiger charge is 2.41. The van der Waals surface area contributed by atoms with Crippen molar-refractivity contribution in [1.29, 1.82) is 0 Å². The van der Waals surface area contributed by atoms with Gasteiger partial charge in [0.1, 0.15) is 0 Å². The van der Waals surface area contributed by atoms with Crippen molar-refractivity contribution in [3.05, 3.63) is 0 Å². The maximum atomic E-state index is 12.1. The monoisotopic (exact) mass is 269 g/mol. The molecule has 0 atom stereocenters. The number of sulfone groups is 1. The Bertz CT molecular complexity index is 432. The molecule has 1 heterocycles. The van der Waals surface area contributed by atoms with Gasteiger partial charge in [0.2, 0.25) is 0 Å². The van der Waals surface area contributed by atoms with Gasteiger partial charge in [-0.05, 0) is 25.7 Å². The lowest BCUT2D eigenvalue weighted by molar-refractivity contribution is 0.256. The van der Waals surface area contributed by atoms with Crippen LogP contribution in [0.3, 0.4) is 0 Å². The maximum Gasteiger partial charge on any atom is 0.156 e. The third-order valence-corrected chi connectivity index (χ3v) is 6.48. The second-order valence-corrected chi connectivity index (χ2v) is 8.25. The Morgan fingerprint density at radius 2 is 1.67 bits per heavy atom. The van der Waals surface area contributed by atoms with Gasteiger partial charge in [0.05, 0.1) is 17.0 Å². The van der Waals surface area contributed by atoms with Gasteiger partial charge in [-0.2, -0.15) is 0 Å². The summed E-state index contributed by atoms with van der Waals surface area (Å²) in [6.45, 7) is 6.71. The molecule has 0 bridgehead atoms. The Morgan fingerprint density at radius 3 is 2.17 bits per heavy atom. The van der Waals surface area contributed by atoms with Gasteiger partial charge in [0.25, 0.3) is 0 Å². The summed E-state index contributed by atoms with van der Waals surface area (Å²) in [6.07, 6.45) is 3.37. The fraction of sp³-hybridized carbons (Fsp3) is 0.857. The van der Waals surface area contributed by atoms with Crippen LogP contribution in [0.1, 0.15) is 39.5 Å². The van der Waals surface area contributed by atoms with Crippen molar-refractivity contribution in [2.45, 2.75) is 50.0 Å². The topological polar surface area (TPSA) is 37.4 Å². The normalized spacial score (nSPS) is 22.8. The highest BCUT2D eigenvalue weighted by Crippen LogP contribution is 2.34. The molecule has 4 heteroatoms. The molecule has 102 valence electrons. The molecule has 0 aromatic heterocycles. The maximum absolute atomic E-state index is 12.1. The molecule has 0 unspecified atom stereocenters. The SMILES string of the molecule is CC(C)C#CCN1CCC(S(=O)(=O)C2CC2)CC1. The smallest absolute Gasteiger partial charge is 0.156 e. The van der Waals surface area contributed by atoms with Gasteiger partial charge in [-0.1, -0.05) is 25.7 Å². The molecule has 1 saturated heterocycles. The third-order valence-electron chi connectivity index (χ3n) is 3.68. The van der Waals surface area contributed by atoms with Crippen molar-refractivity contribution in [2.75, 3.05) is 19.6 Å². The molecule has 3 nitrogen and oxygen atoms in total. The summed E-state index contributed by atoms with van der Waals surface area (Å²) >= 11 is 0. The van der Waals surface area contributed by atoms with E-state index in [1.54, 1.807) is 0 Å². The lowest BCUT2D eigenvalue weighted by Crippen LogP contribution is -2.40. The number of nitrogens with zero attached hydrogens (tertiary/aromatic N) is 1. The van der Waals surface area contributed by atoms with Crippen molar-refractivity contribution < 1.29 is 8.42 Å². The highest BCUT2D eigenvalue weighted by molar-refractivity contribution is 7.92. The Hall–Kier alpha value is -0.530. The average molecular weight is 269 g/mol. The minimum Gasteiger partial charge on any atom is -0.292 e. The van der Waals surface area contributed by atoms with E-state index in [-0.39, 0.29) is 10.5 Å². The molecular formula is C14H23NO2S. The Kier molecular flexibility index (Phi) is 4.34. The summed E-state index contributed by atoms with van der Waals surface area (Å²) in [6, 6.07) is 0. The van der Waals surface area contributed by atoms with Crippen molar-refractivity contribution in [1.82, 2.24) is 4.90 Å². The number of piperidine rings is 1. The standard InChI is InChI=1S/C14H23NO2S/c1-12(2)4-3-9-15-10-7-14(8-11-15)18(16,17)13-5-6-13/h12-14H,5-11H2,1-2H3. The summed E-state index contributed by atoms with van der Waals surface area (Å²) in [4.78, 5) is 2.27. The third kappa shape index (κ3) is 3.49. The van der Waals surface area contributed by atoms with Crippen LogP contribution >= 0.6 is 0 Å². The van der Waals surface area contributed by atoms with Gasteiger partial charge >= 0.3 is 0 Å². The largest absolute Gasteiger partial charge is 0.292 e. The molecule has 1 aliphatic heterocycles. The predicted molar refractivity (Wildman–Crippen MR) is 74.0 cm³/mol. The van der Waals surface area contributed by atoms with E-state index in [1.807, 2.05) is 0 Å². The molecular weight excluding hydrogens is 246 g/mol. The lowest BCUT2D eigenvalue weighted by Gasteiger charge is -2.30. The summed E-state index contributed by atoms with van der Waals surface area (Å²) in [5.74, 6) is 6.74. The van der Waals surface area contributed by atoms with Gasteiger partial charge in [-0.15, -0.1) is 0 Å². The van der Waals surface area contributed by atoms with Gasteiger partial charge in [-0.25, -0.2) is 8.42 Å². The quantitative estimate of drug-likeness (QED) is 0.732. The first-order chi connectivity index (χ1) is 8.50. The zero-order valence-corrected chi connectivity index (χ0v) is 12.2. The van der Waals surface area contributed by atoms with E-state index in [0.717, 1.165) is 45.3 Å². The minimum absolute atomic E-state index is 0.00483. The van der Waals surface area contributed by atoms with Crippen LogP contribution in [0.4, 0.5) is 0 Å². The molecule has 0 aromatic carbocycles. The van der Waals surface area contributed by atoms with E-state index in [0.29, 0.717) is 5.92 Å². The second-order valence-electron chi connectivity index (χ2n) is 5.74. The average Bonchev–Trinajstić information content (AvgIpc) is 3.13. The molecule has 2 fully saturated rings. The molecule has 0 radical (unpaired) electrons. The van der Waals surface area contributed by atoms with Crippen molar-refractivity contribution in [2.24, 2.45) is 5.92 Å². The molecule has 1 aliphatic carbocycles. The van der Waals surface area contributed by atoms with Crippen LogP contribution in [-0.4, -0.2) is 43.5 Å². The number of hydrogen-bond donors (Lipinski definition) is 0. The molecule has 0 N–H and O–H groups in total. The summed E-state index contributed by atoms with van der Waals surface area (Å²) < 4.78 is 24.2. The van der Waals surface area contributed by atoms with Crippen LogP contribution in [0.2, 0.25) is 0 Å². The molecule has 0 amide bonds. The van der Waals surface area contributed by atoms with Gasteiger partial charge in [0.15, 0.2) is 9.84 Å². The Morgan fingerprint density at radius 1 is 1.11 bits per heavy atom. The van der Waals surface area contributed by atoms with E-state index < -0.39 is 9.84 Å². The van der Waals surface area contributed by atoms with Crippen LogP contribution in [-0.2, 0) is 9.84 Å². The predicted octanol–water partition coefficient (Wildman–Crippen LogP) is 1.69. The first-order valence-corrected chi connectivity index (χ1v) is 8.54. The zero-order chi connectivity index (χ0) is 13.2. The fourth-order valence-corrected chi connectivity index (χ4v) is 4.63. The van der Waals surface area contributed by atoms with Crippen LogP contribution in [0.25, 0.3) is 0 Å². The molecule has 2 rings (SSSR count). The molecule has 1 saturated carbocycles. The van der Waals surface area contributed by atoms with Crippen LogP contribution in [0, 0.1) is 17.8 Å². The molecule has 2 aliphatic rings. The summed E-state index contributed by atoms with van der Waals surface area (Å²) in [7, 11) is -2.81. The van der Waals surface area contributed by atoms with Crippen molar-refractivity contribution in [3.8, 4) is 11.8 Å². The Balaban J connectivity index is 1.80. The second kappa shape index (κ2) is 5.63. The van der Waals surface area contributed by atoms with Crippen molar-refractivity contribution in [3.63, 3.8) is 0 Å².